The third-order valence-corrected chi connectivity index (χ3v) is 4.57. The van der Waals surface area contributed by atoms with E-state index in [1.165, 1.54) is 0 Å². The normalized spacial score (nSPS) is 14.6. The number of amides is 1. The number of carbonyl (C=O) groups is 1. The number of nitrogens with one attached hydrogen (secondary N) is 1. The van der Waals surface area contributed by atoms with E-state index in [4.69, 9.17) is 11.6 Å². The molecule has 0 aliphatic carbocycles. The van der Waals surface area contributed by atoms with E-state index in [9.17, 15) is 4.79 Å². The molecule has 1 aromatic carbocycles. The third kappa shape index (κ3) is 3.76. The van der Waals surface area contributed by atoms with Gasteiger partial charge in [-0.2, -0.15) is 0 Å². The molecule has 0 saturated carbocycles. The minimum absolute atomic E-state index is 0.0861. The van der Waals surface area contributed by atoms with Gasteiger partial charge in [-0.15, -0.1) is 0 Å². The van der Waals surface area contributed by atoms with Gasteiger partial charge >= 0.3 is 0 Å². The Morgan fingerprint density at radius 3 is 2.58 bits per heavy atom. The fourth-order valence-corrected chi connectivity index (χ4v) is 2.87. The summed E-state index contributed by atoms with van der Waals surface area (Å²) >= 11 is 6.10. The molecule has 0 spiro atoms. The van der Waals surface area contributed by atoms with Gasteiger partial charge in [0, 0.05) is 49.3 Å². The highest BCUT2D eigenvalue weighted by molar-refractivity contribution is 6.31. The molecule has 1 aromatic heterocycles. The molecule has 2 aromatic rings. The average Bonchev–Trinajstić information content (AvgIpc) is 2.63. The van der Waals surface area contributed by atoms with Gasteiger partial charge < -0.3 is 15.1 Å². The van der Waals surface area contributed by atoms with Crippen molar-refractivity contribution in [3.63, 3.8) is 0 Å². The van der Waals surface area contributed by atoms with E-state index in [2.05, 4.69) is 20.2 Å². The van der Waals surface area contributed by atoms with E-state index in [1.807, 2.05) is 30.0 Å². The van der Waals surface area contributed by atoms with Crippen molar-refractivity contribution in [1.29, 1.82) is 0 Å². The van der Waals surface area contributed by atoms with Crippen LogP contribution in [-0.2, 0) is 4.79 Å². The van der Waals surface area contributed by atoms with Gasteiger partial charge in [-0.1, -0.05) is 17.7 Å². The van der Waals surface area contributed by atoms with Crippen molar-refractivity contribution in [1.82, 2.24) is 14.9 Å². The minimum atomic E-state index is 0.0861. The molecule has 1 aliphatic heterocycles. The van der Waals surface area contributed by atoms with Crippen LogP contribution in [0.1, 0.15) is 5.56 Å². The Kier molecular flexibility index (Phi) is 5.15. The van der Waals surface area contributed by atoms with Crippen molar-refractivity contribution >= 4 is 29.1 Å². The SMILES string of the molecule is Cc1c(Cl)cccc1NCC(=O)N1CCN(c2ncccn2)CC1. The van der Waals surface area contributed by atoms with Gasteiger partial charge in [-0.3, -0.25) is 4.79 Å². The van der Waals surface area contributed by atoms with Crippen LogP contribution in [0.3, 0.4) is 0 Å². The number of hydrogen-bond donors (Lipinski definition) is 1. The van der Waals surface area contributed by atoms with Crippen LogP contribution in [0.5, 0.6) is 0 Å². The standard InChI is InChI=1S/C17H20ClN5O/c1-13-14(18)4-2-5-15(13)21-12-16(24)22-8-10-23(11-9-22)17-19-6-3-7-20-17/h2-7,21H,8-12H2,1H3. The molecule has 1 saturated heterocycles. The number of hydrogen-bond acceptors (Lipinski definition) is 5. The zero-order valence-electron chi connectivity index (χ0n) is 13.6. The number of halogens is 1. The lowest BCUT2D eigenvalue weighted by atomic mass is 10.2. The smallest absolute Gasteiger partial charge is 0.241 e. The fourth-order valence-electron chi connectivity index (χ4n) is 2.69. The molecular weight excluding hydrogens is 326 g/mol. The second-order valence-corrected chi connectivity index (χ2v) is 6.09. The molecule has 7 heteroatoms. The maximum atomic E-state index is 12.4. The molecular formula is C17H20ClN5O. The first kappa shape index (κ1) is 16.5. The molecule has 0 atom stereocenters. The van der Waals surface area contributed by atoms with Gasteiger partial charge in [0.05, 0.1) is 6.54 Å². The Labute approximate surface area is 146 Å². The predicted molar refractivity (Wildman–Crippen MR) is 95.5 cm³/mol. The molecule has 1 N–H and O–H groups in total. The number of benzene rings is 1. The van der Waals surface area contributed by atoms with Crippen LogP contribution in [0.15, 0.2) is 36.7 Å². The summed E-state index contributed by atoms with van der Waals surface area (Å²) in [5.74, 6) is 0.806. The molecule has 0 unspecified atom stereocenters. The zero-order valence-corrected chi connectivity index (χ0v) is 14.3. The number of nitrogens with zero attached hydrogens (tertiary/aromatic N) is 4. The summed E-state index contributed by atoms with van der Waals surface area (Å²) < 4.78 is 0. The monoisotopic (exact) mass is 345 g/mol. The van der Waals surface area contributed by atoms with E-state index in [0.717, 1.165) is 30.3 Å². The number of piperazine rings is 1. The van der Waals surface area contributed by atoms with E-state index >= 15 is 0 Å². The van der Waals surface area contributed by atoms with Crippen LogP contribution in [0.2, 0.25) is 5.02 Å². The van der Waals surface area contributed by atoms with Gasteiger partial charge in [-0.25, -0.2) is 9.97 Å². The Balaban J connectivity index is 1.51. The van der Waals surface area contributed by atoms with Crippen LogP contribution >= 0.6 is 11.6 Å². The summed E-state index contributed by atoms with van der Waals surface area (Å²) in [4.78, 5) is 24.9. The average molecular weight is 346 g/mol. The molecule has 3 rings (SSSR count). The molecule has 6 nitrogen and oxygen atoms in total. The largest absolute Gasteiger partial charge is 0.376 e. The lowest BCUT2D eigenvalue weighted by molar-refractivity contribution is -0.129. The van der Waals surface area contributed by atoms with Crippen LogP contribution in [0, 0.1) is 6.92 Å². The van der Waals surface area contributed by atoms with Crippen molar-refractivity contribution in [3.05, 3.63) is 47.2 Å². The van der Waals surface area contributed by atoms with Gasteiger partial charge in [0.15, 0.2) is 0 Å². The molecule has 1 fully saturated rings. The summed E-state index contributed by atoms with van der Waals surface area (Å²) in [5.41, 5.74) is 1.85. The van der Waals surface area contributed by atoms with Gasteiger partial charge in [0.25, 0.3) is 0 Å². The second kappa shape index (κ2) is 7.49. The highest BCUT2D eigenvalue weighted by Crippen LogP contribution is 2.22. The van der Waals surface area contributed by atoms with Crippen LogP contribution in [0.25, 0.3) is 0 Å². The Bertz CT molecular complexity index is 701. The van der Waals surface area contributed by atoms with Crippen molar-refractivity contribution in [2.45, 2.75) is 6.92 Å². The zero-order chi connectivity index (χ0) is 16.9. The van der Waals surface area contributed by atoms with Gasteiger partial charge in [0.1, 0.15) is 0 Å². The van der Waals surface area contributed by atoms with Gasteiger partial charge in [0.2, 0.25) is 11.9 Å². The summed E-state index contributed by atoms with van der Waals surface area (Å²) in [6.07, 6.45) is 3.47. The lowest BCUT2D eigenvalue weighted by Crippen LogP contribution is -2.50. The molecule has 0 bridgehead atoms. The summed E-state index contributed by atoms with van der Waals surface area (Å²) in [6.45, 7) is 5.04. The number of aromatic nitrogens is 2. The molecule has 126 valence electrons. The van der Waals surface area contributed by atoms with E-state index in [0.29, 0.717) is 18.1 Å². The van der Waals surface area contributed by atoms with E-state index < -0.39 is 0 Å². The summed E-state index contributed by atoms with van der Waals surface area (Å²) in [7, 11) is 0. The van der Waals surface area contributed by atoms with E-state index in [1.54, 1.807) is 18.5 Å². The first-order chi connectivity index (χ1) is 11.6. The molecule has 24 heavy (non-hydrogen) atoms. The third-order valence-electron chi connectivity index (χ3n) is 4.17. The number of carbonyl (C=O) groups excluding carboxylic acids is 1. The number of anilines is 2. The summed E-state index contributed by atoms with van der Waals surface area (Å²) in [6, 6.07) is 7.45. The maximum absolute atomic E-state index is 12.4. The molecule has 1 aliphatic rings. The molecule has 0 radical (unpaired) electrons. The number of rotatable bonds is 4. The van der Waals surface area contributed by atoms with Crippen molar-refractivity contribution in [3.8, 4) is 0 Å². The first-order valence-corrected chi connectivity index (χ1v) is 8.31. The quantitative estimate of drug-likeness (QED) is 0.920. The molecule has 2 heterocycles. The lowest BCUT2D eigenvalue weighted by Gasteiger charge is -2.34. The highest BCUT2D eigenvalue weighted by Gasteiger charge is 2.22. The van der Waals surface area contributed by atoms with Crippen LogP contribution in [0.4, 0.5) is 11.6 Å². The Morgan fingerprint density at radius 2 is 1.88 bits per heavy atom. The van der Waals surface area contributed by atoms with Crippen molar-refractivity contribution in [2.75, 3.05) is 42.9 Å². The fraction of sp³-hybridized carbons (Fsp3) is 0.353. The Morgan fingerprint density at radius 1 is 1.17 bits per heavy atom. The molecule has 1 amide bonds. The van der Waals surface area contributed by atoms with Crippen molar-refractivity contribution in [2.24, 2.45) is 0 Å². The summed E-state index contributed by atoms with van der Waals surface area (Å²) in [5, 5.41) is 3.88. The highest BCUT2D eigenvalue weighted by atomic mass is 35.5. The maximum Gasteiger partial charge on any atom is 0.241 e. The topological polar surface area (TPSA) is 61.4 Å². The van der Waals surface area contributed by atoms with Crippen LogP contribution < -0.4 is 10.2 Å². The Hall–Kier alpha value is -2.34. The second-order valence-electron chi connectivity index (χ2n) is 5.68. The van der Waals surface area contributed by atoms with E-state index in [-0.39, 0.29) is 12.5 Å². The van der Waals surface area contributed by atoms with Crippen molar-refractivity contribution < 1.29 is 4.79 Å². The van der Waals surface area contributed by atoms with Gasteiger partial charge in [-0.05, 0) is 30.7 Å². The van der Waals surface area contributed by atoms with Crippen LogP contribution in [-0.4, -0.2) is 53.5 Å². The minimum Gasteiger partial charge on any atom is -0.376 e. The predicted octanol–water partition coefficient (Wildman–Crippen LogP) is 2.20. The first-order valence-electron chi connectivity index (χ1n) is 7.94.